The highest BCUT2D eigenvalue weighted by molar-refractivity contribution is 7.99. The highest BCUT2D eigenvalue weighted by Gasteiger charge is 2.21. The first-order chi connectivity index (χ1) is 15.6. The van der Waals surface area contributed by atoms with E-state index in [0.717, 1.165) is 25.7 Å². The van der Waals surface area contributed by atoms with Gasteiger partial charge in [0, 0.05) is 33.8 Å². The van der Waals surface area contributed by atoms with Crippen LogP contribution in [0.1, 0.15) is 59.3 Å². The summed E-state index contributed by atoms with van der Waals surface area (Å²) >= 11 is 1.95. The molecular formula is C30H39NS. The molecule has 0 amide bonds. The fourth-order valence-corrected chi connectivity index (χ4v) is 5.15. The van der Waals surface area contributed by atoms with Crippen LogP contribution in [-0.4, -0.2) is 5.75 Å². The molecule has 0 radical (unpaired) electrons. The van der Waals surface area contributed by atoms with Crippen molar-refractivity contribution in [2.45, 2.75) is 64.2 Å². The van der Waals surface area contributed by atoms with E-state index in [4.69, 9.17) is 0 Å². The standard InChI is InChI=1S/C30H39NS/c1-6-9-22-32-30-20-18-29(19-21-30)31(27-14-10-25(11-15-27)23(4)7-2)28-16-12-26(13-17-28)24(5)8-3/h10,12,14-21,25-26H,4-9,11,13,22H2,1-3H3. The van der Waals surface area contributed by atoms with Gasteiger partial charge >= 0.3 is 0 Å². The SMILES string of the molecule is C=C(CC)C1C=CC(N(C2=CCC(C(=C)CC)C=C2)c2ccc(SCCCC)cc2)=CC1. The maximum atomic E-state index is 4.26. The van der Waals surface area contributed by atoms with E-state index in [1.54, 1.807) is 0 Å². The summed E-state index contributed by atoms with van der Waals surface area (Å²) in [6.07, 6.45) is 20.6. The molecule has 0 aliphatic heterocycles. The quantitative estimate of drug-likeness (QED) is 0.190. The van der Waals surface area contributed by atoms with Crippen molar-refractivity contribution >= 4 is 17.4 Å². The van der Waals surface area contributed by atoms with E-state index in [2.05, 4.69) is 99.6 Å². The molecule has 1 nitrogen and oxygen atoms in total. The van der Waals surface area contributed by atoms with Crippen LogP contribution in [0, 0.1) is 11.8 Å². The lowest BCUT2D eigenvalue weighted by Crippen LogP contribution is -2.23. The van der Waals surface area contributed by atoms with Crippen LogP contribution in [0.5, 0.6) is 0 Å². The smallest absolute Gasteiger partial charge is 0.0462 e. The number of hydrogen-bond acceptors (Lipinski definition) is 2. The van der Waals surface area contributed by atoms with Crippen molar-refractivity contribution in [1.29, 1.82) is 0 Å². The topological polar surface area (TPSA) is 3.24 Å². The Morgan fingerprint density at radius 3 is 1.81 bits per heavy atom. The number of benzene rings is 1. The fraction of sp³-hybridized carbons (Fsp3) is 0.400. The third-order valence-corrected chi connectivity index (χ3v) is 7.59. The van der Waals surface area contributed by atoms with Crippen LogP contribution < -0.4 is 4.90 Å². The molecule has 0 spiro atoms. The van der Waals surface area contributed by atoms with Gasteiger partial charge in [0.05, 0.1) is 0 Å². The molecule has 2 atom stereocenters. The van der Waals surface area contributed by atoms with E-state index in [-0.39, 0.29) is 0 Å². The van der Waals surface area contributed by atoms with Gasteiger partial charge in [-0.25, -0.2) is 0 Å². The summed E-state index contributed by atoms with van der Waals surface area (Å²) in [5.41, 5.74) is 6.35. The molecule has 0 heterocycles. The third-order valence-electron chi connectivity index (χ3n) is 6.50. The zero-order valence-corrected chi connectivity index (χ0v) is 21.0. The molecular weight excluding hydrogens is 406 g/mol. The minimum Gasteiger partial charge on any atom is -0.311 e. The van der Waals surface area contributed by atoms with Crippen molar-refractivity contribution in [2.24, 2.45) is 11.8 Å². The molecule has 32 heavy (non-hydrogen) atoms. The van der Waals surface area contributed by atoms with Crippen LogP contribution in [-0.2, 0) is 0 Å². The van der Waals surface area contributed by atoms with Crippen LogP contribution >= 0.6 is 11.8 Å². The second-order valence-electron chi connectivity index (χ2n) is 8.72. The van der Waals surface area contributed by atoms with E-state index in [1.165, 1.54) is 51.7 Å². The van der Waals surface area contributed by atoms with Crippen LogP contribution in [0.4, 0.5) is 5.69 Å². The Bertz CT molecular complexity index is 863. The minimum atomic E-state index is 0.455. The molecule has 170 valence electrons. The van der Waals surface area contributed by atoms with Gasteiger partial charge in [0.1, 0.15) is 0 Å². The van der Waals surface area contributed by atoms with Gasteiger partial charge in [0.2, 0.25) is 0 Å². The van der Waals surface area contributed by atoms with Crippen molar-refractivity contribution < 1.29 is 0 Å². The lowest BCUT2D eigenvalue weighted by molar-refractivity contribution is 0.721. The number of anilines is 1. The van der Waals surface area contributed by atoms with Crippen molar-refractivity contribution in [3.63, 3.8) is 0 Å². The Morgan fingerprint density at radius 2 is 1.41 bits per heavy atom. The molecule has 0 aromatic heterocycles. The molecule has 2 unspecified atom stereocenters. The zero-order valence-electron chi connectivity index (χ0n) is 20.1. The second-order valence-corrected chi connectivity index (χ2v) is 9.88. The van der Waals surface area contributed by atoms with Gasteiger partial charge in [-0.05, 0) is 74.3 Å². The Labute approximate surface area is 200 Å². The molecule has 0 fully saturated rings. The number of allylic oxidation sites excluding steroid dienone is 8. The molecule has 2 aliphatic carbocycles. The van der Waals surface area contributed by atoms with E-state index in [1.807, 2.05) is 11.8 Å². The number of hydrogen-bond donors (Lipinski definition) is 0. The molecule has 3 rings (SSSR count). The number of thioether (sulfide) groups is 1. The predicted molar refractivity (Wildman–Crippen MR) is 144 cm³/mol. The summed E-state index contributed by atoms with van der Waals surface area (Å²) in [5.74, 6) is 2.10. The summed E-state index contributed by atoms with van der Waals surface area (Å²) in [5, 5.41) is 0. The normalized spacial score (nSPS) is 20.0. The Hall–Kier alpha value is -2.19. The molecule has 0 saturated heterocycles. The fourth-order valence-electron chi connectivity index (χ4n) is 4.15. The highest BCUT2D eigenvalue weighted by Crippen LogP contribution is 2.35. The molecule has 1 aromatic carbocycles. The molecule has 0 bridgehead atoms. The van der Waals surface area contributed by atoms with Crippen molar-refractivity contribution in [1.82, 2.24) is 0 Å². The van der Waals surface area contributed by atoms with E-state index >= 15 is 0 Å². The van der Waals surface area contributed by atoms with Crippen molar-refractivity contribution in [2.75, 3.05) is 10.7 Å². The summed E-state index contributed by atoms with van der Waals surface area (Å²) in [6, 6.07) is 9.08. The van der Waals surface area contributed by atoms with Crippen molar-refractivity contribution in [3.05, 3.63) is 96.4 Å². The summed E-state index contributed by atoms with van der Waals surface area (Å²) in [6.45, 7) is 15.2. The first-order valence-electron chi connectivity index (χ1n) is 12.2. The molecule has 0 N–H and O–H groups in total. The van der Waals surface area contributed by atoms with E-state index in [0.29, 0.717) is 11.8 Å². The average molecular weight is 446 g/mol. The highest BCUT2D eigenvalue weighted by atomic mass is 32.2. The molecule has 2 heteroatoms. The number of rotatable bonds is 11. The number of nitrogens with zero attached hydrogens (tertiary/aromatic N) is 1. The largest absolute Gasteiger partial charge is 0.311 e. The van der Waals surface area contributed by atoms with E-state index < -0.39 is 0 Å². The summed E-state index contributed by atoms with van der Waals surface area (Å²) < 4.78 is 0. The van der Waals surface area contributed by atoms with Gasteiger partial charge in [-0.2, -0.15) is 0 Å². The molecule has 0 saturated carbocycles. The molecule has 1 aromatic rings. The van der Waals surface area contributed by atoms with Crippen LogP contribution in [0.25, 0.3) is 0 Å². The maximum absolute atomic E-state index is 4.26. The van der Waals surface area contributed by atoms with Crippen LogP contribution in [0.15, 0.2) is 101 Å². The van der Waals surface area contributed by atoms with Gasteiger partial charge in [0.15, 0.2) is 0 Å². The van der Waals surface area contributed by atoms with Gasteiger partial charge in [-0.15, -0.1) is 11.8 Å². The Morgan fingerprint density at radius 1 is 0.875 bits per heavy atom. The zero-order chi connectivity index (χ0) is 22.9. The summed E-state index contributed by atoms with van der Waals surface area (Å²) in [7, 11) is 0. The van der Waals surface area contributed by atoms with Gasteiger partial charge < -0.3 is 4.90 Å². The van der Waals surface area contributed by atoms with Gasteiger partial charge in [0.25, 0.3) is 0 Å². The lowest BCUT2D eigenvalue weighted by Gasteiger charge is -2.32. The second kappa shape index (κ2) is 12.2. The summed E-state index contributed by atoms with van der Waals surface area (Å²) in [4.78, 5) is 3.76. The number of unbranched alkanes of at least 4 members (excludes halogenated alkanes) is 1. The minimum absolute atomic E-state index is 0.455. The first kappa shape index (κ1) is 24.5. The Kier molecular flexibility index (Phi) is 9.29. The van der Waals surface area contributed by atoms with Gasteiger partial charge in [-0.3, -0.25) is 0 Å². The van der Waals surface area contributed by atoms with E-state index in [9.17, 15) is 0 Å². The van der Waals surface area contributed by atoms with Gasteiger partial charge in [-0.1, -0.05) is 75.8 Å². The Balaban J connectivity index is 1.84. The predicted octanol–water partition coefficient (Wildman–Crippen LogP) is 9.24. The van der Waals surface area contributed by atoms with Crippen LogP contribution in [0.3, 0.4) is 0 Å². The average Bonchev–Trinajstić information content (AvgIpc) is 2.85. The van der Waals surface area contributed by atoms with Crippen LogP contribution in [0.2, 0.25) is 0 Å². The first-order valence-corrected chi connectivity index (χ1v) is 13.2. The van der Waals surface area contributed by atoms with Crippen molar-refractivity contribution in [3.8, 4) is 0 Å². The maximum Gasteiger partial charge on any atom is 0.0462 e. The molecule has 2 aliphatic rings. The third kappa shape index (κ3) is 6.19. The monoisotopic (exact) mass is 445 g/mol. The lowest BCUT2D eigenvalue weighted by atomic mass is 9.89.